The van der Waals surface area contributed by atoms with Crippen molar-refractivity contribution >= 4 is 39.2 Å². The Morgan fingerprint density at radius 1 is 1.09 bits per heavy atom. The first-order valence-corrected chi connectivity index (χ1v) is 12.8. The van der Waals surface area contributed by atoms with E-state index in [-0.39, 0.29) is 22.4 Å². The number of benzene rings is 2. The summed E-state index contributed by atoms with van der Waals surface area (Å²) in [6, 6.07) is 22.3. The van der Waals surface area contributed by atoms with E-state index in [1.54, 1.807) is 19.1 Å². The summed E-state index contributed by atoms with van der Waals surface area (Å²) in [5, 5.41) is 16.2. The molecule has 35 heavy (non-hydrogen) atoms. The number of aryl methyl sites for hydroxylation is 1. The molecular formula is C24H19N5O4S2. The third-order valence-corrected chi connectivity index (χ3v) is 7.07. The number of nitriles is 1. The molecule has 0 saturated heterocycles. The predicted molar refractivity (Wildman–Crippen MR) is 132 cm³/mol. The molecule has 2 heterocycles. The van der Waals surface area contributed by atoms with Crippen molar-refractivity contribution in [2.45, 2.75) is 16.8 Å². The highest BCUT2D eigenvalue weighted by Crippen LogP contribution is 2.25. The lowest BCUT2D eigenvalue weighted by Gasteiger charge is -2.09. The van der Waals surface area contributed by atoms with Crippen molar-refractivity contribution in [3.8, 4) is 17.3 Å². The van der Waals surface area contributed by atoms with E-state index in [1.165, 1.54) is 30.3 Å². The molecule has 0 aliphatic carbocycles. The van der Waals surface area contributed by atoms with E-state index in [9.17, 15) is 18.5 Å². The number of hydrogen-bond acceptors (Lipinski definition) is 8. The van der Waals surface area contributed by atoms with Gasteiger partial charge in [-0.1, -0.05) is 47.3 Å². The van der Waals surface area contributed by atoms with Crippen LogP contribution in [0.1, 0.15) is 11.3 Å². The van der Waals surface area contributed by atoms with Crippen molar-refractivity contribution in [2.75, 3.05) is 15.8 Å². The smallest absolute Gasteiger partial charge is 0.263 e. The molecule has 4 aromatic rings. The van der Waals surface area contributed by atoms with Crippen molar-refractivity contribution in [2.24, 2.45) is 0 Å². The van der Waals surface area contributed by atoms with Crippen molar-refractivity contribution in [3.63, 3.8) is 0 Å². The summed E-state index contributed by atoms with van der Waals surface area (Å²) in [5.41, 5.74) is 2.43. The lowest BCUT2D eigenvalue weighted by Crippen LogP contribution is -2.15. The number of thioether (sulfide) groups is 1. The quantitative estimate of drug-likeness (QED) is 0.335. The van der Waals surface area contributed by atoms with Gasteiger partial charge in [0.1, 0.15) is 16.9 Å². The molecule has 0 radical (unpaired) electrons. The Morgan fingerprint density at radius 3 is 2.49 bits per heavy atom. The van der Waals surface area contributed by atoms with Crippen LogP contribution >= 0.6 is 11.8 Å². The van der Waals surface area contributed by atoms with Crippen LogP contribution in [0.15, 0.2) is 87.2 Å². The number of nitrogens with one attached hydrogen (secondary N) is 2. The molecule has 2 aromatic carbocycles. The van der Waals surface area contributed by atoms with Crippen LogP contribution in [-0.4, -0.2) is 30.2 Å². The molecule has 0 bridgehead atoms. The van der Waals surface area contributed by atoms with Gasteiger partial charge in [0.2, 0.25) is 5.91 Å². The van der Waals surface area contributed by atoms with Gasteiger partial charge in [0, 0.05) is 17.3 Å². The van der Waals surface area contributed by atoms with Crippen LogP contribution in [0, 0.1) is 18.3 Å². The summed E-state index contributed by atoms with van der Waals surface area (Å²) in [5.74, 6) is 0.256. The van der Waals surface area contributed by atoms with E-state index in [0.29, 0.717) is 27.7 Å². The maximum atomic E-state index is 12.5. The first-order valence-electron chi connectivity index (χ1n) is 10.3. The second kappa shape index (κ2) is 10.4. The van der Waals surface area contributed by atoms with Crippen molar-refractivity contribution in [3.05, 3.63) is 84.1 Å². The summed E-state index contributed by atoms with van der Waals surface area (Å²) in [6.07, 6.45) is 0. The number of carbonyl (C=O) groups is 1. The van der Waals surface area contributed by atoms with Gasteiger partial charge in [-0.15, -0.1) is 0 Å². The first-order chi connectivity index (χ1) is 16.8. The van der Waals surface area contributed by atoms with Gasteiger partial charge in [-0.25, -0.2) is 13.4 Å². The van der Waals surface area contributed by atoms with Gasteiger partial charge in [0.25, 0.3) is 10.0 Å². The molecule has 0 saturated carbocycles. The molecule has 4 rings (SSSR count). The molecule has 2 aromatic heterocycles. The Hall–Kier alpha value is -4.14. The van der Waals surface area contributed by atoms with Gasteiger partial charge >= 0.3 is 0 Å². The lowest BCUT2D eigenvalue weighted by molar-refractivity contribution is -0.113. The molecule has 176 valence electrons. The normalized spacial score (nSPS) is 11.0. The van der Waals surface area contributed by atoms with Crippen LogP contribution in [0.3, 0.4) is 0 Å². The van der Waals surface area contributed by atoms with Crippen LogP contribution in [-0.2, 0) is 14.8 Å². The maximum Gasteiger partial charge on any atom is 0.263 e. The second-order valence-electron chi connectivity index (χ2n) is 7.32. The minimum absolute atomic E-state index is 0.00566. The number of amides is 1. The minimum Gasteiger partial charge on any atom is -0.360 e. The van der Waals surface area contributed by atoms with Crippen molar-refractivity contribution in [1.82, 2.24) is 10.1 Å². The monoisotopic (exact) mass is 505 g/mol. The number of hydrogen-bond donors (Lipinski definition) is 2. The molecule has 2 N–H and O–H groups in total. The van der Waals surface area contributed by atoms with Gasteiger partial charge in [-0.2, -0.15) is 5.26 Å². The van der Waals surface area contributed by atoms with E-state index in [0.717, 1.165) is 17.3 Å². The summed E-state index contributed by atoms with van der Waals surface area (Å²) in [6.45, 7) is 1.65. The van der Waals surface area contributed by atoms with Crippen molar-refractivity contribution in [1.29, 1.82) is 5.26 Å². The predicted octanol–water partition coefficient (Wildman–Crippen LogP) is 4.45. The fourth-order valence-corrected chi connectivity index (χ4v) is 4.82. The van der Waals surface area contributed by atoms with E-state index >= 15 is 0 Å². The Bertz CT molecular complexity index is 1500. The standard InChI is InChI=1S/C24H19N5O4S2/c1-16-13-22(28-33-16)29-35(31,32)20-10-8-19(9-11-20)26-23(30)15-34-24-18(14-25)7-12-21(27-24)17-5-3-2-4-6-17/h2-13H,15H2,1H3,(H,26,30)(H,28,29). The maximum absolute atomic E-state index is 12.5. The zero-order chi connectivity index (χ0) is 24.8. The fourth-order valence-electron chi connectivity index (χ4n) is 3.06. The summed E-state index contributed by atoms with van der Waals surface area (Å²) >= 11 is 1.15. The zero-order valence-corrected chi connectivity index (χ0v) is 20.1. The highest BCUT2D eigenvalue weighted by atomic mass is 32.2. The Morgan fingerprint density at radius 2 is 1.83 bits per heavy atom. The molecule has 0 aliphatic heterocycles. The fraction of sp³-hybridized carbons (Fsp3) is 0.0833. The largest absolute Gasteiger partial charge is 0.360 e. The van der Waals surface area contributed by atoms with E-state index in [1.807, 2.05) is 30.3 Å². The van der Waals surface area contributed by atoms with Gasteiger partial charge in [0.05, 0.1) is 21.9 Å². The van der Waals surface area contributed by atoms with Crippen LogP contribution in [0.4, 0.5) is 11.5 Å². The lowest BCUT2D eigenvalue weighted by atomic mass is 10.1. The Labute approximate surface area is 206 Å². The van der Waals surface area contributed by atoms with Gasteiger partial charge < -0.3 is 9.84 Å². The Balaban J connectivity index is 1.39. The second-order valence-corrected chi connectivity index (χ2v) is 9.96. The van der Waals surface area contributed by atoms with Gasteiger partial charge in [-0.05, 0) is 43.3 Å². The highest BCUT2D eigenvalue weighted by molar-refractivity contribution is 8.00. The number of sulfonamides is 1. The molecule has 9 nitrogen and oxygen atoms in total. The van der Waals surface area contributed by atoms with Gasteiger partial charge in [-0.3, -0.25) is 9.52 Å². The van der Waals surface area contributed by atoms with Crippen LogP contribution in [0.25, 0.3) is 11.3 Å². The van der Waals surface area contributed by atoms with Crippen LogP contribution in [0.5, 0.6) is 0 Å². The number of pyridine rings is 1. The van der Waals surface area contributed by atoms with Gasteiger partial charge in [0.15, 0.2) is 5.82 Å². The van der Waals surface area contributed by atoms with E-state index in [4.69, 9.17) is 4.52 Å². The van der Waals surface area contributed by atoms with E-state index in [2.05, 4.69) is 26.2 Å². The molecule has 1 amide bonds. The number of rotatable bonds is 8. The molecule has 0 unspecified atom stereocenters. The number of anilines is 2. The third-order valence-electron chi connectivity index (χ3n) is 4.71. The number of carbonyl (C=O) groups excluding carboxylic acids is 1. The van der Waals surface area contributed by atoms with Crippen LogP contribution in [0.2, 0.25) is 0 Å². The average Bonchev–Trinajstić information content (AvgIpc) is 3.27. The topological polar surface area (TPSA) is 138 Å². The number of aromatic nitrogens is 2. The van der Waals surface area contributed by atoms with E-state index < -0.39 is 10.0 Å². The minimum atomic E-state index is -3.85. The molecule has 0 atom stereocenters. The molecule has 0 fully saturated rings. The highest BCUT2D eigenvalue weighted by Gasteiger charge is 2.17. The Kier molecular flexibility index (Phi) is 7.14. The third kappa shape index (κ3) is 6.06. The molecule has 0 aliphatic rings. The molecule has 0 spiro atoms. The summed E-state index contributed by atoms with van der Waals surface area (Å²) in [4.78, 5) is 17.0. The summed E-state index contributed by atoms with van der Waals surface area (Å²) in [7, 11) is -3.85. The molecule has 11 heteroatoms. The average molecular weight is 506 g/mol. The summed E-state index contributed by atoms with van der Waals surface area (Å²) < 4.78 is 32.1. The number of nitrogens with zero attached hydrogens (tertiary/aromatic N) is 3. The molecular weight excluding hydrogens is 486 g/mol. The SMILES string of the molecule is Cc1cc(NS(=O)(=O)c2ccc(NC(=O)CSc3nc(-c4ccccc4)ccc3C#N)cc2)no1. The first kappa shape index (κ1) is 24.0. The van der Waals surface area contributed by atoms with Crippen molar-refractivity contribution < 1.29 is 17.7 Å². The zero-order valence-electron chi connectivity index (χ0n) is 18.4. The van der Waals surface area contributed by atoms with Crippen LogP contribution < -0.4 is 10.0 Å².